The molecule has 1 atom stereocenters. The average molecular weight is 492 g/mol. The predicted octanol–water partition coefficient (Wildman–Crippen LogP) is 4.88. The molecule has 8 nitrogen and oxygen atoms in total. The summed E-state index contributed by atoms with van der Waals surface area (Å²) >= 11 is 0. The minimum absolute atomic E-state index is 0.128. The first-order chi connectivity index (χ1) is 17.4. The second-order valence-corrected chi connectivity index (χ2v) is 8.17. The van der Waals surface area contributed by atoms with Crippen LogP contribution in [-0.2, 0) is 11.2 Å². The van der Waals surface area contributed by atoms with Crippen LogP contribution in [0.5, 0.6) is 23.0 Å². The molecule has 0 unspecified atom stereocenters. The third-order valence-corrected chi connectivity index (χ3v) is 6.08. The fourth-order valence-corrected chi connectivity index (χ4v) is 4.50. The van der Waals surface area contributed by atoms with E-state index in [1.807, 2.05) is 38.1 Å². The fraction of sp³-hybridized carbons (Fsp3) is 0.286. The quantitative estimate of drug-likeness (QED) is 0.456. The summed E-state index contributed by atoms with van der Waals surface area (Å²) in [6.45, 7) is 4.73. The van der Waals surface area contributed by atoms with Crippen molar-refractivity contribution < 1.29 is 33.6 Å². The van der Waals surface area contributed by atoms with Crippen LogP contribution in [0.3, 0.4) is 0 Å². The topological polar surface area (TPSA) is 94.5 Å². The van der Waals surface area contributed by atoms with Gasteiger partial charge in [0.25, 0.3) is 0 Å². The van der Waals surface area contributed by atoms with Crippen molar-refractivity contribution in [2.24, 2.45) is 0 Å². The van der Waals surface area contributed by atoms with Crippen molar-refractivity contribution in [1.82, 2.24) is 0 Å². The van der Waals surface area contributed by atoms with Crippen molar-refractivity contribution in [1.29, 1.82) is 0 Å². The molecule has 36 heavy (non-hydrogen) atoms. The van der Waals surface area contributed by atoms with Crippen LogP contribution in [0.15, 0.2) is 54.6 Å². The molecule has 1 heterocycles. The fourth-order valence-electron chi connectivity index (χ4n) is 4.50. The van der Waals surface area contributed by atoms with E-state index in [2.05, 4.69) is 0 Å². The van der Waals surface area contributed by atoms with Crippen LogP contribution >= 0.6 is 0 Å². The summed E-state index contributed by atoms with van der Waals surface area (Å²) in [5.74, 6) is 1.14. The Hall–Kier alpha value is -4.20. The minimum Gasteiger partial charge on any atom is -0.493 e. The van der Waals surface area contributed by atoms with E-state index in [9.17, 15) is 14.7 Å². The van der Waals surface area contributed by atoms with E-state index in [0.29, 0.717) is 41.9 Å². The number of carbonyl (C=O) groups is 2. The largest absolute Gasteiger partial charge is 0.493 e. The lowest BCUT2D eigenvalue weighted by molar-refractivity contribution is -0.118. The molecular formula is C28H29NO7. The van der Waals surface area contributed by atoms with Crippen molar-refractivity contribution in [2.75, 3.05) is 32.3 Å². The van der Waals surface area contributed by atoms with Gasteiger partial charge in [-0.3, -0.25) is 4.79 Å². The average Bonchev–Trinajstić information content (AvgIpc) is 2.88. The van der Waals surface area contributed by atoms with Gasteiger partial charge < -0.3 is 29.0 Å². The molecule has 1 aliphatic heterocycles. The normalized spacial score (nSPS) is 14.7. The van der Waals surface area contributed by atoms with E-state index >= 15 is 0 Å². The highest BCUT2D eigenvalue weighted by Gasteiger charge is 2.36. The molecule has 1 N–H and O–H groups in total. The molecule has 1 aliphatic rings. The van der Waals surface area contributed by atoms with Gasteiger partial charge in [-0.05, 0) is 79.1 Å². The number of benzene rings is 3. The Labute approximate surface area is 210 Å². The van der Waals surface area contributed by atoms with Gasteiger partial charge in [-0.2, -0.15) is 0 Å². The van der Waals surface area contributed by atoms with Crippen molar-refractivity contribution >= 4 is 17.6 Å². The summed E-state index contributed by atoms with van der Waals surface area (Å²) in [4.78, 5) is 26.7. The van der Waals surface area contributed by atoms with Crippen molar-refractivity contribution in [3.05, 3.63) is 76.9 Å². The monoisotopic (exact) mass is 491 g/mol. The van der Waals surface area contributed by atoms with Gasteiger partial charge in [0.15, 0.2) is 23.0 Å². The molecular weight excluding hydrogens is 462 g/mol. The summed E-state index contributed by atoms with van der Waals surface area (Å²) in [7, 11) is 3.13. The minimum atomic E-state index is -1.03. The molecule has 3 aromatic rings. The summed E-state index contributed by atoms with van der Waals surface area (Å²) in [5, 5.41) is 9.32. The number of hydrogen-bond acceptors (Lipinski definition) is 6. The Morgan fingerprint density at radius 3 is 2.11 bits per heavy atom. The number of rotatable bonds is 9. The van der Waals surface area contributed by atoms with Gasteiger partial charge in [-0.15, -0.1) is 0 Å². The molecule has 188 valence electrons. The Bertz CT molecular complexity index is 1270. The zero-order chi connectivity index (χ0) is 25.8. The third kappa shape index (κ3) is 4.66. The first-order valence-corrected chi connectivity index (χ1v) is 11.7. The lowest BCUT2D eigenvalue weighted by Crippen LogP contribution is -2.41. The Balaban J connectivity index is 1.93. The third-order valence-electron chi connectivity index (χ3n) is 6.08. The summed E-state index contributed by atoms with van der Waals surface area (Å²) in [6, 6.07) is 15.1. The molecule has 0 bridgehead atoms. The lowest BCUT2D eigenvalue weighted by Gasteiger charge is -2.38. The van der Waals surface area contributed by atoms with Gasteiger partial charge in [-0.25, -0.2) is 4.79 Å². The van der Waals surface area contributed by atoms with Crippen LogP contribution in [0, 0.1) is 0 Å². The number of carboxylic acid groups (broad SMARTS) is 1. The molecule has 0 aliphatic carbocycles. The molecule has 3 aromatic carbocycles. The van der Waals surface area contributed by atoms with E-state index in [1.165, 1.54) is 12.1 Å². The molecule has 0 spiro atoms. The molecule has 0 fully saturated rings. The highest BCUT2D eigenvalue weighted by Crippen LogP contribution is 2.45. The van der Waals surface area contributed by atoms with E-state index in [1.54, 1.807) is 37.3 Å². The number of anilines is 1. The van der Waals surface area contributed by atoms with Gasteiger partial charge in [0, 0.05) is 5.69 Å². The number of hydrogen-bond donors (Lipinski definition) is 1. The summed E-state index contributed by atoms with van der Waals surface area (Å²) in [5.41, 5.74) is 3.26. The number of fused-ring (bicyclic) bond motifs is 1. The number of carbonyl (C=O) groups excluding carboxylic acids is 1. The SMILES string of the molecule is CCOc1cc2c(cc1OCC)[C@H](c1ccc(OC)c(OC)c1)N(c1ccc(C(=O)O)cc1)C(=O)C2. The lowest BCUT2D eigenvalue weighted by atomic mass is 9.86. The van der Waals surface area contributed by atoms with Gasteiger partial charge >= 0.3 is 5.97 Å². The maximum atomic E-state index is 13.6. The first kappa shape index (κ1) is 24.9. The van der Waals surface area contributed by atoms with Crippen molar-refractivity contribution in [2.45, 2.75) is 26.3 Å². The number of methoxy groups -OCH3 is 2. The Morgan fingerprint density at radius 2 is 1.53 bits per heavy atom. The van der Waals surface area contributed by atoms with Gasteiger partial charge in [0.1, 0.15) is 0 Å². The molecule has 0 radical (unpaired) electrons. The number of amides is 1. The van der Waals surface area contributed by atoms with E-state index < -0.39 is 12.0 Å². The second kappa shape index (κ2) is 10.6. The predicted molar refractivity (Wildman–Crippen MR) is 135 cm³/mol. The molecule has 0 saturated carbocycles. The van der Waals surface area contributed by atoms with Gasteiger partial charge in [0.2, 0.25) is 5.91 Å². The second-order valence-electron chi connectivity index (χ2n) is 8.17. The van der Waals surface area contributed by atoms with Crippen LogP contribution in [0.2, 0.25) is 0 Å². The van der Waals surface area contributed by atoms with Crippen molar-refractivity contribution in [3.63, 3.8) is 0 Å². The van der Waals surface area contributed by atoms with Crippen LogP contribution in [-0.4, -0.2) is 44.4 Å². The Morgan fingerprint density at radius 1 is 0.889 bits per heavy atom. The first-order valence-electron chi connectivity index (χ1n) is 11.7. The number of aromatic carboxylic acids is 1. The van der Waals surface area contributed by atoms with Crippen molar-refractivity contribution in [3.8, 4) is 23.0 Å². The van der Waals surface area contributed by atoms with Crippen LogP contribution in [0.1, 0.15) is 46.9 Å². The highest BCUT2D eigenvalue weighted by molar-refractivity contribution is 5.99. The molecule has 0 saturated heterocycles. The summed E-state index contributed by atoms with van der Waals surface area (Å²) < 4.78 is 22.6. The van der Waals surface area contributed by atoms with Gasteiger partial charge in [-0.1, -0.05) is 6.07 Å². The number of carboxylic acids is 1. The van der Waals surface area contributed by atoms with Crippen LogP contribution in [0.4, 0.5) is 5.69 Å². The smallest absolute Gasteiger partial charge is 0.335 e. The highest BCUT2D eigenvalue weighted by atomic mass is 16.5. The van der Waals surface area contributed by atoms with Crippen LogP contribution < -0.4 is 23.8 Å². The number of nitrogens with zero attached hydrogens (tertiary/aromatic N) is 1. The maximum absolute atomic E-state index is 13.6. The maximum Gasteiger partial charge on any atom is 0.335 e. The summed E-state index contributed by atoms with van der Waals surface area (Å²) in [6.07, 6.45) is 0.159. The molecule has 8 heteroatoms. The van der Waals surface area contributed by atoms with E-state index in [4.69, 9.17) is 18.9 Å². The van der Waals surface area contributed by atoms with Gasteiger partial charge in [0.05, 0.1) is 45.5 Å². The molecule has 4 rings (SSSR count). The molecule has 1 amide bonds. The number of ether oxygens (including phenoxy) is 4. The van der Waals surface area contributed by atoms with E-state index in [-0.39, 0.29) is 17.9 Å². The molecule has 0 aromatic heterocycles. The zero-order valence-electron chi connectivity index (χ0n) is 20.7. The Kier molecular flexibility index (Phi) is 7.33. The standard InChI is InChI=1S/C28H29NO7/c1-5-35-24-14-19-15-26(30)29(20-10-7-17(8-11-20)28(31)32)27(21(19)16-25(24)36-6-2)18-9-12-22(33-3)23(13-18)34-4/h7-14,16,27H,5-6,15H2,1-4H3,(H,31,32)/t27-/m0/s1. The van der Waals surface area contributed by atoms with E-state index in [0.717, 1.165) is 16.7 Å². The zero-order valence-corrected chi connectivity index (χ0v) is 20.7. The van der Waals surface area contributed by atoms with Crippen LogP contribution in [0.25, 0.3) is 0 Å².